The van der Waals surface area contributed by atoms with E-state index in [0.717, 1.165) is 5.56 Å². The van der Waals surface area contributed by atoms with E-state index < -0.39 is 5.60 Å². The molecule has 1 aliphatic heterocycles. The number of hydrogen-bond donors (Lipinski definition) is 1. The lowest BCUT2D eigenvalue weighted by molar-refractivity contribution is -0.134. The molecule has 1 aromatic rings. The van der Waals surface area contributed by atoms with Gasteiger partial charge in [-0.1, -0.05) is 23.8 Å². The number of hydrogen-bond acceptors (Lipinski definition) is 2. The third-order valence-corrected chi connectivity index (χ3v) is 4.04. The normalized spacial score (nSPS) is 18.4. The highest BCUT2D eigenvalue weighted by atomic mass is 16.3. The summed E-state index contributed by atoms with van der Waals surface area (Å²) < 4.78 is 0. The van der Waals surface area contributed by atoms with E-state index >= 15 is 0 Å². The lowest BCUT2D eigenvalue weighted by atomic mass is 9.93. The molecule has 0 aromatic heterocycles. The van der Waals surface area contributed by atoms with Crippen molar-refractivity contribution in [1.29, 1.82) is 0 Å². The molecule has 0 atom stereocenters. The zero-order valence-corrected chi connectivity index (χ0v) is 12.1. The SMILES string of the molecule is Cc1ccc(C)c(CC(=O)N2CCC(C)(O)CC2)c1. The summed E-state index contributed by atoms with van der Waals surface area (Å²) in [6.45, 7) is 7.27. The average Bonchev–Trinajstić information content (AvgIpc) is 2.33. The van der Waals surface area contributed by atoms with Crippen molar-refractivity contribution in [2.24, 2.45) is 0 Å². The Kier molecular flexibility index (Phi) is 3.95. The topological polar surface area (TPSA) is 40.5 Å². The third-order valence-electron chi connectivity index (χ3n) is 4.04. The summed E-state index contributed by atoms with van der Waals surface area (Å²) in [5.41, 5.74) is 2.87. The van der Waals surface area contributed by atoms with Crippen molar-refractivity contribution in [2.45, 2.75) is 45.6 Å². The van der Waals surface area contributed by atoms with Crippen LogP contribution >= 0.6 is 0 Å². The Morgan fingerprint density at radius 3 is 2.58 bits per heavy atom. The van der Waals surface area contributed by atoms with Gasteiger partial charge in [0.2, 0.25) is 5.91 Å². The maximum Gasteiger partial charge on any atom is 0.227 e. The Bertz CT molecular complexity index is 470. The quantitative estimate of drug-likeness (QED) is 0.887. The summed E-state index contributed by atoms with van der Waals surface area (Å²) >= 11 is 0. The summed E-state index contributed by atoms with van der Waals surface area (Å²) in [6.07, 6.45) is 1.81. The van der Waals surface area contributed by atoms with E-state index in [1.54, 1.807) is 0 Å². The van der Waals surface area contributed by atoms with Crippen LogP contribution in [0.15, 0.2) is 18.2 Å². The first-order valence-electron chi connectivity index (χ1n) is 6.94. The van der Waals surface area contributed by atoms with Crippen molar-refractivity contribution in [3.63, 3.8) is 0 Å². The molecule has 1 aromatic carbocycles. The molecule has 1 amide bonds. The highest BCUT2D eigenvalue weighted by Gasteiger charge is 2.29. The minimum absolute atomic E-state index is 0.171. The van der Waals surface area contributed by atoms with Gasteiger partial charge in [-0.05, 0) is 44.7 Å². The molecule has 19 heavy (non-hydrogen) atoms. The first-order chi connectivity index (χ1) is 8.87. The van der Waals surface area contributed by atoms with Gasteiger partial charge in [0.1, 0.15) is 0 Å². The zero-order valence-electron chi connectivity index (χ0n) is 12.1. The number of aryl methyl sites for hydroxylation is 2. The summed E-state index contributed by atoms with van der Waals surface area (Å²) in [7, 11) is 0. The first kappa shape index (κ1) is 14.1. The Morgan fingerprint density at radius 2 is 1.95 bits per heavy atom. The van der Waals surface area contributed by atoms with Gasteiger partial charge in [-0.15, -0.1) is 0 Å². The fourth-order valence-corrected chi connectivity index (χ4v) is 2.50. The maximum absolute atomic E-state index is 12.3. The number of carbonyl (C=O) groups excluding carboxylic acids is 1. The third kappa shape index (κ3) is 3.57. The minimum Gasteiger partial charge on any atom is -0.390 e. The van der Waals surface area contributed by atoms with E-state index in [-0.39, 0.29) is 5.91 Å². The van der Waals surface area contributed by atoms with E-state index in [1.165, 1.54) is 11.1 Å². The predicted molar refractivity (Wildman–Crippen MR) is 76.1 cm³/mol. The van der Waals surface area contributed by atoms with Crippen molar-refractivity contribution >= 4 is 5.91 Å². The van der Waals surface area contributed by atoms with Crippen molar-refractivity contribution in [2.75, 3.05) is 13.1 Å². The molecule has 2 rings (SSSR count). The molecule has 0 saturated carbocycles. The Morgan fingerprint density at radius 1 is 1.32 bits per heavy atom. The van der Waals surface area contributed by atoms with Crippen LogP contribution in [-0.2, 0) is 11.2 Å². The van der Waals surface area contributed by atoms with Crippen LogP contribution in [-0.4, -0.2) is 34.6 Å². The number of rotatable bonds is 2. The summed E-state index contributed by atoms with van der Waals surface area (Å²) in [4.78, 5) is 14.2. The second kappa shape index (κ2) is 5.33. The number of piperidine rings is 1. The highest BCUT2D eigenvalue weighted by Crippen LogP contribution is 2.22. The minimum atomic E-state index is -0.601. The molecule has 0 bridgehead atoms. The zero-order chi connectivity index (χ0) is 14.0. The van der Waals surface area contributed by atoms with E-state index in [2.05, 4.69) is 18.2 Å². The Hall–Kier alpha value is -1.35. The molecule has 104 valence electrons. The predicted octanol–water partition coefficient (Wildman–Crippen LogP) is 2.22. The molecule has 1 aliphatic rings. The van der Waals surface area contributed by atoms with Gasteiger partial charge in [-0.2, -0.15) is 0 Å². The van der Waals surface area contributed by atoms with Crippen molar-refractivity contribution in [3.8, 4) is 0 Å². The molecule has 0 aliphatic carbocycles. The second-order valence-electron chi connectivity index (χ2n) is 5.98. The van der Waals surface area contributed by atoms with E-state index in [9.17, 15) is 9.90 Å². The van der Waals surface area contributed by atoms with Crippen molar-refractivity contribution < 1.29 is 9.90 Å². The molecule has 1 saturated heterocycles. The van der Waals surface area contributed by atoms with Crippen LogP contribution in [0.2, 0.25) is 0 Å². The first-order valence-corrected chi connectivity index (χ1v) is 6.94. The number of carbonyl (C=O) groups is 1. The van der Waals surface area contributed by atoms with Crippen LogP contribution in [0.3, 0.4) is 0 Å². The van der Waals surface area contributed by atoms with Crippen molar-refractivity contribution in [1.82, 2.24) is 4.90 Å². The summed E-state index contributed by atoms with van der Waals surface area (Å²) in [5.74, 6) is 0.171. The molecule has 1 fully saturated rings. The Labute approximate surface area is 115 Å². The van der Waals surface area contributed by atoms with Gasteiger partial charge in [0.05, 0.1) is 12.0 Å². The number of amides is 1. The van der Waals surface area contributed by atoms with E-state index in [0.29, 0.717) is 32.4 Å². The van der Waals surface area contributed by atoms with Gasteiger partial charge in [0.15, 0.2) is 0 Å². The molecule has 0 radical (unpaired) electrons. The molecule has 0 unspecified atom stereocenters. The lowest BCUT2D eigenvalue weighted by Gasteiger charge is -2.36. The molecular weight excluding hydrogens is 238 g/mol. The second-order valence-corrected chi connectivity index (χ2v) is 5.98. The van der Waals surface area contributed by atoms with Crippen LogP contribution in [0, 0.1) is 13.8 Å². The van der Waals surface area contributed by atoms with Gasteiger partial charge in [-0.25, -0.2) is 0 Å². The molecule has 1 N–H and O–H groups in total. The number of likely N-dealkylation sites (tertiary alicyclic amines) is 1. The highest BCUT2D eigenvalue weighted by molar-refractivity contribution is 5.79. The molecule has 1 heterocycles. The van der Waals surface area contributed by atoms with Gasteiger partial charge < -0.3 is 10.0 Å². The maximum atomic E-state index is 12.3. The van der Waals surface area contributed by atoms with Crippen LogP contribution < -0.4 is 0 Å². The average molecular weight is 261 g/mol. The largest absolute Gasteiger partial charge is 0.390 e. The van der Waals surface area contributed by atoms with Gasteiger partial charge in [0.25, 0.3) is 0 Å². The number of benzene rings is 1. The van der Waals surface area contributed by atoms with E-state index in [1.807, 2.05) is 25.7 Å². The van der Waals surface area contributed by atoms with Crippen molar-refractivity contribution in [3.05, 3.63) is 34.9 Å². The standard InChI is InChI=1S/C16H23NO2/c1-12-4-5-13(2)14(10-12)11-15(18)17-8-6-16(3,19)7-9-17/h4-5,10,19H,6-9,11H2,1-3H3. The fraction of sp³-hybridized carbons (Fsp3) is 0.562. The Balaban J connectivity index is 2.00. The van der Waals surface area contributed by atoms with Crippen LogP contribution in [0.25, 0.3) is 0 Å². The van der Waals surface area contributed by atoms with Gasteiger partial charge >= 0.3 is 0 Å². The molecule has 0 spiro atoms. The fourth-order valence-electron chi connectivity index (χ4n) is 2.50. The van der Waals surface area contributed by atoms with Crippen LogP contribution in [0.5, 0.6) is 0 Å². The number of aliphatic hydroxyl groups is 1. The monoisotopic (exact) mass is 261 g/mol. The molecular formula is C16H23NO2. The van der Waals surface area contributed by atoms with Gasteiger partial charge in [0, 0.05) is 13.1 Å². The lowest BCUT2D eigenvalue weighted by Crippen LogP contribution is -2.45. The summed E-state index contributed by atoms with van der Waals surface area (Å²) in [5, 5.41) is 9.91. The molecule has 3 nitrogen and oxygen atoms in total. The summed E-state index contributed by atoms with van der Waals surface area (Å²) in [6, 6.07) is 6.23. The van der Waals surface area contributed by atoms with Crippen LogP contribution in [0.1, 0.15) is 36.5 Å². The van der Waals surface area contributed by atoms with Crippen LogP contribution in [0.4, 0.5) is 0 Å². The smallest absolute Gasteiger partial charge is 0.227 e. The molecule has 3 heteroatoms. The van der Waals surface area contributed by atoms with E-state index in [4.69, 9.17) is 0 Å². The number of nitrogens with zero attached hydrogens (tertiary/aromatic N) is 1. The van der Waals surface area contributed by atoms with Gasteiger partial charge in [-0.3, -0.25) is 4.79 Å².